The van der Waals surface area contributed by atoms with E-state index >= 15 is 0 Å². The van der Waals surface area contributed by atoms with Crippen LogP contribution in [0.5, 0.6) is 5.75 Å². The third-order valence-electron chi connectivity index (χ3n) is 5.26. The van der Waals surface area contributed by atoms with Crippen molar-refractivity contribution in [2.75, 3.05) is 10.6 Å². The van der Waals surface area contributed by atoms with Gasteiger partial charge in [-0.05, 0) is 49.1 Å². The first-order valence-electron chi connectivity index (χ1n) is 9.53. The molecule has 1 aliphatic rings. The Bertz CT molecular complexity index is 826. The van der Waals surface area contributed by atoms with Gasteiger partial charge in [0.05, 0.1) is 5.56 Å². The fraction of sp³-hybridized carbons (Fsp3) is 0.364. The van der Waals surface area contributed by atoms with Crippen molar-refractivity contribution in [3.63, 3.8) is 0 Å². The summed E-state index contributed by atoms with van der Waals surface area (Å²) in [4.78, 5) is 24.7. The molecule has 1 fully saturated rings. The predicted molar refractivity (Wildman–Crippen MR) is 107 cm³/mol. The fourth-order valence-electron chi connectivity index (χ4n) is 3.61. The molecule has 5 nitrogen and oxygen atoms in total. The first-order valence-corrected chi connectivity index (χ1v) is 9.53. The van der Waals surface area contributed by atoms with Crippen LogP contribution in [0.1, 0.15) is 54.4 Å². The van der Waals surface area contributed by atoms with Crippen LogP contribution < -0.4 is 10.6 Å². The molecule has 27 heavy (non-hydrogen) atoms. The van der Waals surface area contributed by atoms with E-state index < -0.39 is 0 Å². The number of carbonyl (C=O) groups is 2. The van der Waals surface area contributed by atoms with Crippen LogP contribution in [0, 0.1) is 12.8 Å². The molecule has 0 atom stereocenters. The van der Waals surface area contributed by atoms with E-state index in [-0.39, 0.29) is 23.1 Å². The van der Waals surface area contributed by atoms with Crippen LogP contribution in [0.2, 0.25) is 0 Å². The molecule has 0 unspecified atom stereocenters. The lowest BCUT2D eigenvalue weighted by Crippen LogP contribution is -2.16. The van der Waals surface area contributed by atoms with Crippen molar-refractivity contribution >= 4 is 23.2 Å². The molecule has 0 aromatic heterocycles. The van der Waals surface area contributed by atoms with Gasteiger partial charge in [-0.25, -0.2) is 0 Å². The van der Waals surface area contributed by atoms with Crippen molar-refractivity contribution in [3.05, 3.63) is 53.6 Å². The third kappa shape index (κ3) is 4.88. The van der Waals surface area contributed by atoms with Crippen LogP contribution in [0.3, 0.4) is 0 Å². The fourth-order valence-corrected chi connectivity index (χ4v) is 3.61. The molecule has 0 radical (unpaired) electrons. The maximum absolute atomic E-state index is 12.4. The van der Waals surface area contributed by atoms with E-state index in [9.17, 15) is 14.7 Å². The van der Waals surface area contributed by atoms with Crippen molar-refractivity contribution in [2.45, 2.75) is 45.4 Å². The second-order valence-corrected chi connectivity index (χ2v) is 7.19. The van der Waals surface area contributed by atoms with Crippen LogP contribution in [-0.2, 0) is 4.79 Å². The number of hydrogen-bond acceptors (Lipinski definition) is 3. The highest BCUT2D eigenvalue weighted by Gasteiger charge is 2.17. The van der Waals surface area contributed by atoms with E-state index in [1.807, 2.05) is 13.0 Å². The van der Waals surface area contributed by atoms with Gasteiger partial charge < -0.3 is 15.7 Å². The highest BCUT2D eigenvalue weighted by atomic mass is 16.3. The topological polar surface area (TPSA) is 78.4 Å². The number of benzene rings is 2. The summed E-state index contributed by atoms with van der Waals surface area (Å²) < 4.78 is 0. The number of rotatable bonds is 6. The Morgan fingerprint density at radius 1 is 1.00 bits per heavy atom. The van der Waals surface area contributed by atoms with Gasteiger partial charge in [0.1, 0.15) is 5.75 Å². The molecule has 2 amide bonds. The van der Waals surface area contributed by atoms with E-state index in [0.29, 0.717) is 23.7 Å². The molecule has 1 aliphatic carbocycles. The number of aromatic hydroxyl groups is 1. The van der Waals surface area contributed by atoms with Gasteiger partial charge in [0.25, 0.3) is 5.91 Å². The number of amides is 2. The maximum atomic E-state index is 12.4. The molecule has 2 aromatic rings. The van der Waals surface area contributed by atoms with Gasteiger partial charge in [-0.2, -0.15) is 0 Å². The van der Waals surface area contributed by atoms with Crippen molar-refractivity contribution in [3.8, 4) is 5.75 Å². The largest absolute Gasteiger partial charge is 0.507 e. The van der Waals surface area contributed by atoms with Gasteiger partial charge in [-0.3, -0.25) is 9.59 Å². The second-order valence-electron chi connectivity index (χ2n) is 7.19. The zero-order valence-corrected chi connectivity index (χ0v) is 15.6. The van der Waals surface area contributed by atoms with E-state index in [2.05, 4.69) is 10.6 Å². The van der Waals surface area contributed by atoms with Gasteiger partial charge in [-0.15, -0.1) is 0 Å². The minimum atomic E-state index is -0.388. The molecule has 3 N–H and O–H groups in total. The molecule has 0 heterocycles. The van der Waals surface area contributed by atoms with Crippen LogP contribution >= 0.6 is 0 Å². The monoisotopic (exact) mass is 366 g/mol. The smallest absolute Gasteiger partial charge is 0.259 e. The zero-order valence-electron chi connectivity index (χ0n) is 15.6. The number of para-hydroxylation sites is 1. The molecular weight excluding hydrogens is 340 g/mol. The highest BCUT2D eigenvalue weighted by Crippen LogP contribution is 2.29. The summed E-state index contributed by atoms with van der Waals surface area (Å²) in [6, 6.07) is 11.8. The summed E-state index contributed by atoms with van der Waals surface area (Å²) in [5, 5.41) is 15.6. The van der Waals surface area contributed by atoms with Gasteiger partial charge in [0.2, 0.25) is 5.91 Å². The van der Waals surface area contributed by atoms with Crippen molar-refractivity contribution in [2.24, 2.45) is 5.92 Å². The van der Waals surface area contributed by atoms with Gasteiger partial charge in [0, 0.05) is 17.8 Å². The number of phenolic OH excluding ortho intramolecular Hbond substituents is 1. The molecule has 142 valence electrons. The van der Waals surface area contributed by atoms with Gasteiger partial charge >= 0.3 is 0 Å². The molecule has 5 heteroatoms. The molecule has 0 bridgehead atoms. The van der Waals surface area contributed by atoms with Gasteiger partial charge in [0.15, 0.2) is 0 Å². The summed E-state index contributed by atoms with van der Waals surface area (Å²) in [5.74, 6) is 0.236. The second kappa shape index (κ2) is 8.71. The number of phenols is 1. The van der Waals surface area contributed by atoms with Crippen molar-refractivity contribution in [1.82, 2.24) is 0 Å². The van der Waals surface area contributed by atoms with E-state index in [4.69, 9.17) is 0 Å². The van der Waals surface area contributed by atoms with Crippen molar-refractivity contribution < 1.29 is 14.7 Å². The molecule has 0 saturated heterocycles. The zero-order chi connectivity index (χ0) is 19.2. The summed E-state index contributed by atoms with van der Waals surface area (Å²) in [6.07, 6.45) is 6.50. The molecule has 1 saturated carbocycles. The van der Waals surface area contributed by atoms with Crippen LogP contribution in [0.25, 0.3) is 0 Å². The molecule has 2 aromatic carbocycles. The summed E-state index contributed by atoms with van der Waals surface area (Å²) in [7, 11) is 0. The van der Waals surface area contributed by atoms with Crippen molar-refractivity contribution in [1.29, 1.82) is 0 Å². The predicted octanol–water partition coefficient (Wildman–Crippen LogP) is 4.86. The lowest BCUT2D eigenvalue weighted by molar-refractivity contribution is -0.116. The standard InChI is InChI=1S/C22H26N2O3/c1-15-18(23-21(26)14-13-16-7-2-3-8-16)10-6-11-19(15)24-22(27)17-9-4-5-12-20(17)25/h4-6,9-12,16,25H,2-3,7-8,13-14H2,1H3,(H,23,26)(H,24,27). The number of hydrogen-bond donors (Lipinski definition) is 3. The minimum absolute atomic E-state index is 0.00850. The lowest BCUT2D eigenvalue weighted by Gasteiger charge is -2.14. The van der Waals surface area contributed by atoms with Crippen LogP contribution in [0.15, 0.2) is 42.5 Å². The lowest BCUT2D eigenvalue weighted by atomic mass is 10.0. The Hall–Kier alpha value is -2.82. The summed E-state index contributed by atoms with van der Waals surface area (Å²) in [5.41, 5.74) is 2.30. The van der Waals surface area contributed by atoms with Gasteiger partial charge in [-0.1, -0.05) is 43.9 Å². The Morgan fingerprint density at radius 3 is 2.37 bits per heavy atom. The average molecular weight is 366 g/mol. The highest BCUT2D eigenvalue weighted by molar-refractivity contribution is 6.07. The molecule has 0 aliphatic heterocycles. The summed E-state index contributed by atoms with van der Waals surface area (Å²) in [6.45, 7) is 1.85. The Labute approximate surface area is 159 Å². The SMILES string of the molecule is Cc1c(NC(=O)CCC2CCCC2)cccc1NC(=O)c1ccccc1O. The molecular formula is C22H26N2O3. The molecule has 0 spiro atoms. The first kappa shape index (κ1) is 19.0. The number of nitrogens with one attached hydrogen (secondary N) is 2. The Kier molecular flexibility index (Phi) is 6.12. The summed E-state index contributed by atoms with van der Waals surface area (Å²) >= 11 is 0. The molecule has 3 rings (SSSR count). The quantitative estimate of drug-likeness (QED) is 0.683. The van der Waals surface area contributed by atoms with Crippen LogP contribution in [-0.4, -0.2) is 16.9 Å². The number of carbonyl (C=O) groups excluding carboxylic acids is 2. The average Bonchev–Trinajstić information content (AvgIpc) is 3.17. The number of anilines is 2. The maximum Gasteiger partial charge on any atom is 0.259 e. The first-order chi connectivity index (χ1) is 13.0. The Balaban J connectivity index is 1.63. The third-order valence-corrected chi connectivity index (χ3v) is 5.26. The van der Waals surface area contributed by atoms with E-state index in [1.165, 1.54) is 31.7 Å². The minimum Gasteiger partial charge on any atom is -0.507 e. The van der Waals surface area contributed by atoms with E-state index in [0.717, 1.165) is 12.0 Å². The van der Waals surface area contributed by atoms with Crippen LogP contribution in [0.4, 0.5) is 11.4 Å². The van der Waals surface area contributed by atoms with E-state index in [1.54, 1.807) is 30.3 Å². The normalized spacial score (nSPS) is 14.1. The Morgan fingerprint density at radius 2 is 1.67 bits per heavy atom.